The van der Waals surface area contributed by atoms with Crippen LogP contribution in [0.5, 0.6) is 11.5 Å². The lowest BCUT2D eigenvalue weighted by atomic mass is 10.1. The molecule has 0 saturated heterocycles. The van der Waals surface area contributed by atoms with Crippen molar-refractivity contribution in [3.63, 3.8) is 0 Å². The van der Waals surface area contributed by atoms with E-state index in [0.717, 1.165) is 32.1 Å². The highest BCUT2D eigenvalue weighted by Crippen LogP contribution is 2.40. The quantitative estimate of drug-likeness (QED) is 0.664. The molecule has 1 aliphatic heterocycles. The van der Waals surface area contributed by atoms with Crippen molar-refractivity contribution in [2.24, 2.45) is 0 Å². The summed E-state index contributed by atoms with van der Waals surface area (Å²) in [4.78, 5) is 1.13. The van der Waals surface area contributed by atoms with E-state index in [-0.39, 0.29) is 5.38 Å². The van der Waals surface area contributed by atoms with E-state index in [1.165, 1.54) is 5.56 Å². The van der Waals surface area contributed by atoms with E-state index in [9.17, 15) is 0 Å². The summed E-state index contributed by atoms with van der Waals surface area (Å²) in [5, 5.41) is -0.165. The van der Waals surface area contributed by atoms with Gasteiger partial charge in [-0.25, -0.2) is 0 Å². The third-order valence-electron chi connectivity index (χ3n) is 3.19. The lowest BCUT2D eigenvalue weighted by molar-refractivity contribution is 0.297. The number of benzene rings is 1. The Morgan fingerprint density at radius 1 is 1.20 bits per heavy atom. The molecule has 0 radical (unpaired) electrons. The maximum absolute atomic E-state index is 6.59. The highest BCUT2D eigenvalue weighted by molar-refractivity contribution is 9.11. The number of hydrogen-bond acceptors (Lipinski definition) is 3. The normalized spacial score (nSPS) is 15.8. The number of hydrogen-bond donors (Lipinski definition) is 0. The summed E-state index contributed by atoms with van der Waals surface area (Å²) < 4.78 is 12.5. The minimum Gasteiger partial charge on any atom is -0.490 e. The Labute approximate surface area is 135 Å². The molecule has 1 atom stereocenters. The molecule has 0 spiro atoms. The molecule has 1 unspecified atom stereocenters. The van der Waals surface area contributed by atoms with Crippen molar-refractivity contribution in [2.75, 3.05) is 13.2 Å². The molecule has 5 heteroatoms. The Hall–Kier alpha value is -0.710. The lowest BCUT2D eigenvalue weighted by Gasteiger charge is -2.12. The molecule has 2 aromatic rings. The van der Waals surface area contributed by atoms with Crippen molar-refractivity contribution < 1.29 is 9.47 Å². The van der Waals surface area contributed by atoms with Crippen molar-refractivity contribution >= 4 is 38.9 Å². The van der Waals surface area contributed by atoms with Gasteiger partial charge in [0.2, 0.25) is 0 Å². The number of fused-ring (bicyclic) bond motifs is 1. The highest BCUT2D eigenvalue weighted by Gasteiger charge is 2.18. The van der Waals surface area contributed by atoms with Crippen LogP contribution in [0.3, 0.4) is 0 Å². The van der Waals surface area contributed by atoms with Crippen LogP contribution in [0.4, 0.5) is 0 Å². The van der Waals surface area contributed by atoms with E-state index in [2.05, 4.69) is 28.9 Å². The second kappa shape index (κ2) is 5.96. The zero-order valence-corrected chi connectivity index (χ0v) is 14.1. The van der Waals surface area contributed by atoms with Gasteiger partial charge in [0.25, 0.3) is 0 Å². The molecule has 2 nitrogen and oxygen atoms in total. The molecule has 0 fully saturated rings. The van der Waals surface area contributed by atoms with Gasteiger partial charge in [0.15, 0.2) is 11.5 Å². The van der Waals surface area contributed by atoms with Crippen molar-refractivity contribution in [1.82, 2.24) is 0 Å². The fourth-order valence-electron chi connectivity index (χ4n) is 2.11. The number of rotatable bonds is 2. The predicted molar refractivity (Wildman–Crippen MR) is 86.5 cm³/mol. The van der Waals surface area contributed by atoms with Gasteiger partial charge in [-0.05, 0) is 52.2 Å². The van der Waals surface area contributed by atoms with E-state index >= 15 is 0 Å². The maximum atomic E-state index is 6.59. The van der Waals surface area contributed by atoms with Crippen molar-refractivity contribution in [3.8, 4) is 11.5 Å². The summed E-state index contributed by atoms with van der Waals surface area (Å²) in [7, 11) is 0. The Bertz CT molecular complexity index is 607. The fraction of sp³-hybridized carbons (Fsp3) is 0.333. The van der Waals surface area contributed by atoms with Crippen molar-refractivity contribution in [3.05, 3.63) is 44.1 Å². The summed E-state index contributed by atoms with van der Waals surface area (Å²) in [5.41, 5.74) is 2.25. The molecule has 0 saturated carbocycles. The van der Waals surface area contributed by atoms with Gasteiger partial charge in [0.1, 0.15) is 0 Å². The van der Waals surface area contributed by atoms with Crippen LogP contribution in [0.2, 0.25) is 0 Å². The van der Waals surface area contributed by atoms with E-state index in [1.807, 2.05) is 18.2 Å². The first-order valence-electron chi connectivity index (χ1n) is 6.44. The van der Waals surface area contributed by atoms with Crippen LogP contribution < -0.4 is 9.47 Å². The molecule has 2 heterocycles. The second-order valence-electron chi connectivity index (χ2n) is 4.72. The van der Waals surface area contributed by atoms with Gasteiger partial charge in [-0.2, -0.15) is 0 Å². The Balaban J connectivity index is 1.92. The van der Waals surface area contributed by atoms with Gasteiger partial charge in [0, 0.05) is 11.3 Å². The van der Waals surface area contributed by atoms with Crippen LogP contribution in [0.25, 0.3) is 0 Å². The van der Waals surface area contributed by atoms with Crippen LogP contribution >= 0.6 is 38.9 Å². The van der Waals surface area contributed by atoms with Gasteiger partial charge in [-0.15, -0.1) is 22.9 Å². The lowest BCUT2D eigenvalue weighted by Crippen LogP contribution is -1.97. The third-order valence-corrected chi connectivity index (χ3v) is 6.01. The molecule has 0 aliphatic carbocycles. The molecule has 0 bridgehead atoms. The maximum Gasteiger partial charge on any atom is 0.161 e. The van der Waals surface area contributed by atoms with E-state index in [4.69, 9.17) is 21.1 Å². The second-order valence-corrected chi connectivity index (χ2v) is 7.56. The summed E-state index contributed by atoms with van der Waals surface area (Å²) in [6.45, 7) is 3.46. The van der Waals surface area contributed by atoms with Crippen LogP contribution in [0.15, 0.2) is 28.1 Å². The number of alkyl halides is 1. The molecule has 0 N–H and O–H groups in total. The molecule has 0 amide bonds. The van der Waals surface area contributed by atoms with Gasteiger partial charge in [-0.3, -0.25) is 0 Å². The van der Waals surface area contributed by atoms with Gasteiger partial charge in [-0.1, -0.05) is 6.07 Å². The van der Waals surface area contributed by atoms with Crippen molar-refractivity contribution in [1.29, 1.82) is 0 Å². The zero-order valence-electron chi connectivity index (χ0n) is 11.0. The Kier molecular flexibility index (Phi) is 4.24. The molecule has 1 aromatic heterocycles. The Morgan fingerprint density at radius 2 is 1.95 bits per heavy atom. The molecule has 1 aliphatic rings. The average Bonchev–Trinajstić information content (AvgIpc) is 2.67. The minimum absolute atomic E-state index is 0.165. The summed E-state index contributed by atoms with van der Waals surface area (Å²) >= 11 is 11.8. The minimum atomic E-state index is -0.165. The number of ether oxygens (including phenoxy) is 2. The van der Waals surface area contributed by atoms with Gasteiger partial charge >= 0.3 is 0 Å². The number of aryl methyl sites for hydroxylation is 1. The summed E-state index contributed by atoms with van der Waals surface area (Å²) in [6, 6.07) is 8.06. The van der Waals surface area contributed by atoms with Crippen LogP contribution in [0, 0.1) is 6.92 Å². The predicted octanol–water partition coefficient (Wildman–Crippen LogP) is 5.31. The smallest absolute Gasteiger partial charge is 0.161 e. The zero-order chi connectivity index (χ0) is 14.1. The summed E-state index contributed by atoms with van der Waals surface area (Å²) in [6.07, 6.45) is 0.908. The third kappa shape index (κ3) is 2.83. The van der Waals surface area contributed by atoms with Crippen LogP contribution in [-0.2, 0) is 0 Å². The first-order valence-corrected chi connectivity index (χ1v) is 8.49. The number of thiophene rings is 1. The van der Waals surface area contributed by atoms with Gasteiger partial charge < -0.3 is 9.47 Å². The van der Waals surface area contributed by atoms with Crippen molar-refractivity contribution in [2.45, 2.75) is 18.7 Å². The molecule has 106 valence electrons. The molecule has 20 heavy (non-hydrogen) atoms. The van der Waals surface area contributed by atoms with Crippen LogP contribution in [-0.4, -0.2) is 13.2 Å². The monoisotopic (exact) mass is 372 g/mol. The van der Waals surface area contributed by atoms with Gasteiger partial charge in [0.05, 0.1) is 22.4 Å². The topological polar surface area (TPSA) is 18.5 Å². The first-order chi connectivity index (χ1) is 9.65. The Morgan fingerprint density at radius 3 is 2.65 bits per heavy atom. The fourth-order valence-corrected chi connectivity index (χ4v) is 4.02. The van der Waals surface area contributed by atoms with E-state index in [1.54, 1.807) is 11.3 Å². The number of halogens is 2. The molecule has 1 aromatic carbocycles. The van der Waals surface area contributed by atoms with E-state index in [0.29, 0.717) is 13.2 Å². The first kappa shape index (κ1) is 14.2. The average molecular weight is 374 g/mol. The molecular weight excluding hydrogens is 360 g/mol. The SMILES string of the molecule is Cc1cc(C(Cl)c2ccc3c(c2)OCCCO3)sc1Br. The van der Waals surface area contributed by atoms with E-state index < -0.39 is 0 Å². The summed E-state index contributed by atoms with van der Waals surface area (Å²) in [5.74, 6) is 1.59. The molecular formula is C15H14BrClO2S. The molecule has 3 rings (SSSR count). The highest BCUT2D eigenvalue weighted by atomic mass is 79.9. The van der Waals surface area contributed by atoms with Crippen LogP contribution in [0.1, 0.15) is 27.8 Å². The largest absolute Gasteiger partial charge is 0.490 e. The standard InChI is InChI=1S/C15H14BrClO2S/c1-9-7-13(20-15(9)16)14(17)10-3-4-11-12(8-10)19-6-2-5-18-11/h3-4,7-8,14H,2,5-6H2,1H3.